The monoisotopic (exact) mass is 264 g/mol. The van der Waals surface area contributed by atoms with E-state index in [1.54, 1.807) is 12.1 Å². The largest absolute Gasteiger partial charge is 0.348 e. The first-order valence-corrected chi connectivity index (χ1v) is 6.52. The molecule has 1 N–H and O–H groups in total. The van der Waals surface area contributed by atoms with E-state index in [-0.39, 0.29) is 11.9 Å². The lowest BCUT2D eigenvalue weighted by atomic mass is 9.99. The molecule has 100 valence electrons. The lowest BCUT2D eigenvalue weighted by Crippen LogP contribution is -2.31. The summed E-state index contributed by atoms with van der Waals surface area (Å²) in [6.07, 6.45) is 0. The van der Waals surface area contributed by atoms with Gasteiger partial charge in [0.25, 0.3) is 0 Å². The van der Waals surface area contributed by atoms with E-state index in [2.05, 4.69) is 11.4 Å². The van der Waals surface area contributed by atoms with E-state index in [1.165, 1.54) is 0 Å². The maximum atomic E-state index is 12.2. The summed E-state index contributed by atoms with van der Waals surface area (Å²) >= 11 is 0. The molecule has 0 aliphatic rings. The highest BCUT2D eigenvalue weighted by atomic mass is 16.1. The van der Waals surface area contributed by atoms with Crippen molar-refractivity contribution in [3.63, 3.8) is 0 Å². The molecule has 1 unspecified atom stereocenters. The second kappa shape index (κ2) is 6.53. The molecule has 0 saturated heterocycles. The van der Waals surface area contributed by atoms with Crippen LogP contribution >= 0.6 is 0 Å². The molecular weight excluding hydrogens is 248 g/mol. The number of nitrogens with zero attached hydrogens (tertiary/aromatic N) is 1. The highest BCUT2D eigenvalue weighted by molar-refractivity contribution is 5.86. The van der Waals surface area contributed by atoms with Gasteiger partial charge < -0.3 is 5.32 Å². The molecule has 3 heteroatoms. The molecule has 1 amide bonds. The summed E-state index contributed by atoms with van der Waals surface area (Å²) in [6.45, 7) is 1.91. The summed E-state index contributed by atoms with van der Waals surface area (Å²) in [7, 11) is 0. The Hall–Kier alpha value is -2.60. The van der Waals surface area contributed by atoms with Crippen molar-refractivity contribution in [3.8, 4) is 6.07 Å². The number of carbonyl (C=O) groups is 1. The number of nitriles is 1. The first kappa shape index (κ1) is 13.8. The zero-order valence-corrected chi connectivity index (χ0v) is 11.3. The van der Waals surface area contributed by atoms with Crippen molar-refractivity contribution in [1.29, 1.82) is 5.26 Å². The van der Waals surface area contributed by atoms with Crippen LogP contribution in [0.3, 0.4) is 0 Å². The van der Waals surface area contributed by atoms with Crippen LogP contribution in [0, 0.1) is 11.3 Å². The highest BCUT2D eigenvalue weighted by Gasteiger charge is 2.21. The first-order chi connectivity index (χ1) is 9.72. The number of carbonyl (C=O) groups excluding carboxylic acids is 1. The lowest BCUT2D eigenvalue weighted by Gasteiger charge is -2.16. The molecule has 0 aromatic heterocycles. The Bertz CT molecular complexity index is 602. The number of nitrogens with one attached hydrogen (secondary N) is 1. The number of hydrogen-bond acceptors (Lipinski definition) is 2. The molecule has 0 heterocycles. The molecule has 2 rings (SSSR count). The molecule has 2 aromatic rings. The van der Waals surface area contributed by atoms with E-state index in [9.17, 15) is 10.1 Å². The van der Waals surface area contributed by atoms with Gasteiger partial charge in [0, 0.05) is 0 Å². The van der Waals surface area contributed by atoms with Gasteiger partial charge >= 0.3 is 0 Å². The maximum absolute atomic E-state index is 12.2. The molecule has 0 bridgehead atoms. The summed E-state index contributed by atoms with van der Waals surface area (Å²) in [5.41, 5.74) is 1.73. The minimum absolute atomic E-state index is 0.122. The molecule has 0 radical (unpaired) electrons. The van der Waals surface area contributed by atoms with Crippen molar-refractivity contribution in [2.45, 2.75) is 18.9 Å². The third kappa shape index (κ3) is 3.24. The average molecular weight is 264 g/mol. The molecule has 3 nitrogen and oxygen atoms in total. The molecule has 2 atom stereocenters. The highest BCUT2D eigenvalue weighted by Crippen LogP contribution is 2.17. The van der Waals surface area contributed by atoms with E-state index >= 15 is 0 Å². The molecule has 0 aliphatic heterocycles. The molecular formula is C17H16N2O. The van der Waals surface area contributed by atoms with Crippen molar-refractivity contribution in [2.24, 2.45) is 0 Å². The minimum Gasteiger partial charge on any atom is -0.348 e. The van der Waals surface area contributed by atoms with Gasteiger partial charge in [-0.2, -0.15) is 5.26 Å². The SMILES string of the molecule is C[C@@H](NC(=O)C(C#N)c1ccccc1)c1ccccc1. The fraction of sp³-hybridized carbons (Fsp3) is 0.176. The predicted octanol–water partition coefficient (Wildman–Crippen LogP) is 3.17. The second-order valence-electron chi connectivity index (χ2n) is 4.61. The maximum Gasteiger partial charge on any atom is 0.242 e. The lowest BCUT2D eigenvalue weighted by molar-refractivity contribution is -0.122. The third-order valence-corrected chi connectivity index (χ3v) is 3.18. The number of benzene rings is 2. The van der Waals surface area contributed by atoms with Crippen molar-refractivity contribution < 1.29 is 4.79 Å². The van der Waals surface area contributed by atoms with Crippen LogP contribution in [0.4, 0.5) is 0 Å². The van der Waals surface area contributed by atoms with Gasteiger partial charge in [-0.25, -0.2) is 0 Å². The fourth-order valence-electron chi connectivity index (χ4n) is 2.05. The smallest absolute Gasteiger partial charge is 0.242 e. The Labute approximate surface area is 118 Å². The van der Waals surface area contributed by atoms with Gasteiger partial charge in [-0.15, -0.1) is 0 Å². The summed E-state index contributed by atoms with van der Waals surface area (Å²) in [5, 5.41) is 12.1. The van der Waals surface area contributed by atoms with Crippen molar-refractivity contribution in [2.75, 3.05) is 0 Å². The van der Waals surface area contributed by atoms with Crippen LogP contribution < -0.4 is 5.32 Å². The van der Waals surface area contributed by atoms with E-state index in [0.717, 1.165) is 5.56 Å². The molecule has 0 aliphatic carbocycles. The van der Waals surface area contributed by atoms with Crippen LogP contribution in [0.25, 0.3) is 0 Å². The van der Waals surface area contributed by atoms with E-state index in [1.807, 2.05) is 55.5 Å². The van der Waals surface area contributed by atoms with Gasteiger partial charge in [0.1, 0.15) is 5.92 Å². The van der Waals surface area contributed by atoms with E-state index < -0.39 is 5.92 Å². The van der Waals surface area contributed by atoms with Gasteiger partial charge in [0.05, 0.1) is 12.1 Å². The van der Waals surface area contributed by atoms with Crippen molar-refractivity contribution in [3.05, 3.63) is 71.8 Å². The average Bonchev–Trinajstić information content (AvgIpc) is 2.50. The van der Waals surface area contributed by atoms with E-state index in [4.69, 9.17) is 0 Å². The van der Waals surface area contributed by atoms with Crippen molar-refractivity contribution >= 4 is 5.91 Å². The molecule has 0 saturated carbocycles. The Morgan fingerprint density at radius 3 is 2.00 bits per heavy atom. The van der Waals surface area contributed by atoms with Crippen LogP contribution in [-0.4, -0.2) is 5.91 Å². The normalized spacial score (nSPS) is 13.0. The Morgan fingerprint density at radius 1 is 1.00 bits per heavy atom. The third-order valence-electron chi connectivity index (χ3n) is 3.18. The molecule has 2 aromatic carbocycles. The van der Waals surface area contributed by atoms with Crippen LogP contribution in [0.5, 0.6) is 0 Å². The van der Waals surface area contributed by atoms with Crippen LogP contribution in [0.15, 0.2) is 60.7 Å². The van der Waals surface area contributed by atoms with Gasteiger partial charge in [0.2, 0.25) is 5.91 Å². The first-order valence-electron chi connectivity index (χ1n) is 6.52. The zero-order chi connectivity index (χ0) is 14.4. The second-order valence-corrected chi connectivity index (χ2v) is 4.61. The van der Waals surface area contributed by atoms with Gasteiger partial charge in [0.15, 0.2) is 0 Å². The summed E-state index contributed by atoms with van der Waals surface area (Å²) < 4.78 is 0. The minimum atomic E-state index is -0.776. The fourth-order valence-corrected chi connectivity index (χ4v) is 2.05. The quantitative estimate of drug-likeness (QED) is 0.922. The van der Waals surface area contributed by atoms with Gasteiger partial charge in [-0.05, 0) is 18.1 Å². The summed E-state index contributed by atoms with van der Waals surface area (Å²) in [6, 6.07) is 20.7. The summed E-state index contributed by atoms with van der Waals surface area (Å²) in [4.78, 5) is 12.2. The number of hydrogen-bond donors (Lipinski definition) is 1. The molecule has 0 fully saturated rings. The topological polar surface area (TPSA) is 52.9 Å². The standard InChI is InChI=1S/C17H16N2O/c1-13(14-8-4-2-5-9-14)19-17(20)16(12-18)15-10-6-3-7-11-15/h2-11,13,16H,1H3,(H,19,20)/t13-,16?/m1/s1. The van der Waals surface area contributed by atoms with Crippen molar-refractivity contribution in [1.82, 2.24) is 5.32 Å². The Balaban J connectivity index is 2.10. The molecule has 20 heavy (non-hydrogen) atoms. The Morgan fingerprint density at radius 2 is 1.50 bits per heavy atom. The Kier molecular flexibility index (Phi) is 4.52. The number of amides is 1. The molecule has 0 spiro atoms. The van der Waals surface area contributed by atoms with E-state index in [0.29, 0.717) is 5.56 Å². The zero-order valence-electron chi connectivity index (χ0n) is 11.3. The summed E-state index contributed by atoms with van der Waals surface area (Å²) in [5.74, 6) is -1.04. The van der Waals surface area contributed by atoms with Gasteiger partial charge in [-0.1, -0.05) is 60.7 Å². The van der Waals surface area contributed by atoms with Crippen LogP contribution in [0.1, 0.15) is 30.0 Å². The predicted molar refractivity (Wildman–Crippen MR) is 77.8 cm³/mol. The van der Waals surface area contributed by atoms with Gasteiger partial charge in [-0.3, -0.25) is 4.79 Å². The van der Waals surface area contributed by atoms with Crippen LogP contribution in [-0.2, 0) is 4.79 Å². The van der Waals surface area contributed by atoms with Crippen LogP contribution in [0.2, 0.25) is 0 Å². The number of rotatable bonds is 4.